The van der Waals surface area contributed by atoms with Gasteiger partial charge in [-0.15, -0.1) is 6.58 Å². The van der Waals surface area contributed by atoms with E-state index < -0.39 is 0 Å². The van der Waals surface area contributed by atoms with Crippen molar-refractivity contribution in [3.8, 4) is 11.5 Å². The normalized spacial score (nSPS) is 15.8. The number of para-hydroxylation sites is 1. The summed E-state index contributed by atoms with van der Waals surface area (Å²) in [4.78, 5) is 14.5. The van der Waals surface area contributed by atoms with Crippen molar-refractivity contribution in [1.82, 2.24) is 4.90 Å². The van der Waals surface area contributed by atoms with Gasteiger partial charge in [-0.05, 0) is 35.9 Å². The molecule has 0 saturated carbocycles. The van der Waals surface area contributed by atoms with E-state index in [2.05, 4.69) is 6.58 Å². The summed E-state index contributed by atoms with van der Waals surface area (Å²) in [5, 5.41) is 0. The molecule has 0 unspecified atom stereocenters. The Bertz CT molecular complexity index is 815. The molecule has 1 aliphatic rings. The molecule has 1 heterocycles. The van der Waals surface area contributed by atoms with Crippen LogP contribution in [-0.4, -0.2) is 21.7 Å². The molecule has 1 saturated heterocycles. The second kappa shape index (κ2) is 7.47. The molecule has 1 aliphatic heterocycles. The number of thioether (sulfide) groups is 1. The van der Waals surface area contributed by atoms with E-state index in [1.54, 1.807) is 11.0 Å². The minimum absolute atomic E-state index is 0.0840. The first kappa shape index (κ1) is 16.5. The molecule has 24 heavy (non-hydrogen) atoms. The zero-order valence-electron chi connectivity index (χ0n) is 12.8. The summed E-state index contributed by atoms with van der Waals surface area (Å²) in [5.41, 5.74) is 0.891. The molecule has 0 bridgehead atoms. The standard InChI is InChI=1S/C19H15NO2S2/c1-2-11-20-18(21)17(24-19(20)23)13-14-7-6-10-16(12-14)22-15-8-4-3-5-9-15/h2-10,12-13H,1,11H2. The van der Waals surface area contributed by atoms with Crippen molar-refractivity contribution in [2.24, 2.45) is 0 Å². The van der Waals surface area contributed by atoms with Crippen LogP contribution < -0.4 is 4.74 Å². The number of hydrogen-bond acceptors (Lipinski definition) is 4. The van der Waals surface area contributed by atoms with Gasteiger partial charge < -0.3 is 4.74 Å². The quantitative estimate of drug-likeness (QED) is 0.436. The number of hydrogen-bond donors (Lipinski definition) is 0. The highest BCUT2D eigenvalue weighted by Gasteiger charge is 2.30. The fraction of sp³-hybridized carbons (Fsp3) is 0.0526. The molecular weight excluding hydrogens is 338 g/mol. The van der Waals surface area contributed by atoms with Crippen LogP contribution in [-0.2, 0) is 4.79 Å². The van der Waals surface area contributed by atoms with Gasteiger partial charge in [0.1, 0.15) is 15.8 Å². The van der Waals surface area contributed by atoms with Crippen LogP contribution in [0.5, 0.6) is 11.5 Å². The molecule has 120 valence electrons. The smallest absolute Gasteiger partial charge is 0.266 e. The molecule has 2 aromatic rings. The van der Waals surface area contributed by atoms with E-state index in [0.717, 1.165) is 17.1 Å². The van der Waals surface area contributed by atoms with Gasteiger partial charge in [0.05, 0.1) is 4.91 Å². The first-order valence-electron chi connectivity index (χ1n) is 7.36. The van der Waals surface area contributed by atoms with Crippen molar-refractivity contribution >= 4 is 40.3 Å². The van der Waals surface area contributed by atoms with E-state index in [1.165, 1.54) is 11.8 Å². The summed E-state index contributed by atoms with van der Waals surface area (Å²) < 4.78 is 6.38. The third-order valence-electron chi connectivity index (χ3n) is 3.32. The fourth-order valence-corrected chi connectivity index (χ4v) is 3.51. The monoisotopic (exact) mass is 353 g/mol. The third-order valence-corrected chi connectivity index (χ3v) is 4.70. The number of amides is 1. The van der Waals surface area contributed by atoms with Crippen molar-refractivity contribution in [3.05, 3.63) is 77.7 Å². The Labute approximate surface area is 150 Å². The van der Waals surface area contributed by atoms with Crippen LogP contribution >= 0.6 is 24.0 Å². The maximum absolute atomic E-state index is 12.4. The maximum atomic E-state index is 12.4. The predicted molar refractivity (Wildman–Crippen MR) is 103 cm³/mol. The van der Waals surface area contributed by atoms with E-state index >= 15 is 0 Å². The van der Waals surface area contributed by atoms with Gasteiger partial charge in [-0.2, -0.15) is 0 Å². The molecule has 0 aromatic heterocycles. The number of carbonyl (C=O) groups excluding carboxylic acids is 1. The van der Waals surface area contributed by atoms with Crippen molar-refractivity contribution < 1.29 is 9.53 Å². The average molecular weight is 353 g/mol. The first-order valence-corrected chi connectivity index (χ1v) is 8.59. The van der Waals surface area contributed by atoms with Crippen LogP contribution in [0.2, 0.25) is 0 Å². The Hall–Kier alpha value is -2.37. The number of benzene rings is 2. The van der Waals surface area contributed by atoms with Crippen molar-refractivity contribution in [2.75, 3.05) is 6.54 Å². The van der Waals surface area contributed by atoms with Crippen LogP contribution in [0.15, 0.2) is 72.2 Å². The van der Waals surface area contributed by atoms with Crippen molar-refractivity contribution in [1.29, 1.82) is 0 Å². The Kier molecular flexibility index (Phi) is 5.13. The number of thiocarbonyl (C=S) groups is 1. The molecule has 3 nitrogen and oxygen atoms in total. The van der Waals surface area contributed by atoms with Gasteiger partial charge in [-0.1, -0.05) is 60.4 Å². The molecule has 2 aromatic carbocycles. The summed E-state index contributed by atoms with van der Waals surface area (Å²) in [6.07, 6.45) is 3.50. The van der Waals surface area contributed by atoms with Crippen LogP contribution in [0.1, 0.15) is 5.56 Å². The topological polar surface area (TPSA) is 29.5 Å². The van der Waals surface area contributed by atoms with Crippen molar-refractivity contribution in [3.63, 3.8) is 0 Å². The SMILES string of the molecule is C=CCN1C(=O)C(=Cc2cccc(Oc3ccccc3)c2)SC1=S. The number of nitrogens with zero attached hydrogens (tertiary/aromatic N) is 1. The second-order valence-corrected chi connectivity index (χ2v) is 6.74. The van der Waals surface area contributed by atoms with Gasteiger partial charge in [-0.25, -0.2) is 0 Å². The zero-order chi connectivity index (χ0) is 16.9. The lowest BCUT2D eigenvalue weighted by Gasteiger charge is -2.10. The largest absolute Gasteiger partial charge is 0.457 e. The highest BCUT2D eigenvalue weighted by Crippen LogP contribution is 2.33. The predicted octanol–water partition coefficient (Wildman–Crippen LogP) is 4.87. The minimum Gasteiger partial charge on any atom is -0.457 e. The maximum Gasteiger partial charge on any atom is 0.266 e. The van der Waals surface area contributed by atoms with Gasteiger partial charge in [0.2, 0.25) is 0 Å². The zero-order valence-corrected chi connectivity index (χ0v) is 14.5. The lowest BCUT2D eigenvalue weighted by molar-refractivity contribution is -0.121. The summed E-state index contributed by atoms with van der Waals surface area (Å²) >= 11 is 6.55. The van der Waals surface area contributed by atoms with Crippen LogP contribution in [0, 0.1) is 0 Å². The minimum atomic E-state index is -0.0840. The molecule has 1 fully saturated rings. The van der Waals surface area contributed by atoms with Gasteiger partial charge in [0, 0.05) is 6.54 Å². The Morgan fingerprint density at radius 3 is 2.62 bits per heavy atom. The molecule has 5 heteroatoms. The molecule has 0 aliphatic carbocycles. The summed E-state index contributed by atoms with van der Waals surface area (Å²) in [6, 6.07) is 17.2. The Morgan fingerprint density at radius 1 is 1.12 bits per heavy atom. The summed E-state index contributed by atoms with van der Waals surface area (Å²) in [5.74, 6) is 1.41. The lowest BCUT2D eigenvalue weighted by Crippen LogP contribution is -2.27. The van der Waals surface area contributed by atoms with Crippen molar-refractivity contribution in [2.45, 2.75) is 0 Å². The molecule has 0 spiro atoms. The van der Waals surface area contributed by atoms with Crippen LogP contribution in [0.25, 0.3) is 6.08 Å². The van der Waals surface area contributed by atoms with Gasteiger partial charge in [0.25, 0.3) is 5.91 Å². The summed E-state index contributed by atoms with van der Waals surface area (Å²) in [7, 11) is 0. The van der Waals surface area contributed by atoms with Gasteiger partial charge >= 0.3 is 0 Å². The Balaban J connectivity index is 1.81. The average Bonchev–Trinajstić information content (AvgIpc) is 2.84. The fourth-order valence-electron chi connectivity index (χ4n) is 2.23. The molecule has 0 atom stereocenters. The highest BCUT2D eigenvalue weighted by molar-refractivity contribution is 8.26. The molecule has 3 rings (SSSR count). The van der Waals surface area contributed by atoms with E-state index in [1.807, 2.05) is 60.7 Å². The third kappa shape index (κ3) is 3.75. The van der Waals surface area contributed by atoms with E-state index in [0.29, 0.717) is 15.8 Å². The van der Waals surface area contributed by atoms with Gasteiger partial charge in [0.15, 0.2) is 0 Å². The molecule has 0 radical (unpaired) electrons. The Morgan fingerprint density at radius 2 is 1.88 bits per heavy atom. The van der Waals surface area contributed by atoms with E-state index in [4.69, 9.17) is 17.0 Å². The van der Waals surface area contributed by atoms with Gasteiger partial charge in [-0.3, -0.25) is 9.69 Å². The first-order chi connectivity index (χ1) is 11.7. The molecule has 1 amide bonds. The van der Waals surface area contributed by atoms with Crippen LogP contribution in [0.3, 0.4) is 0 Å². The number of rotatable bonds is 5. The second-order valence-electron chi connectivity index (χ2n) is 5.07. The highest BCUT2D eigenvalue weighted by atomic mass is 32.2. The van der Waals surface area contributed by atoms with E-state index in [-0.39, 0.29) is 5.91 Å². The van der Waals surface area contributed by atoms with E-state index in [9.17, 15) is 4.79 Å². The molecule has 0 N–H and O–H groups in total. The number of ether oxygens (including phenoxy) is 1. The summed E-state index contributed by atoms with van der Waals surface area (Å²) in [6.45, 7) is 4.08. The van der Waals surface area contributed by atoms with Crippen LogP contribution in [0.4, 0.5) is 0 Å². The molecular formula is C19H15NO2S2. The lowest BCUT2D eigenvalue weighted by atomic mass is 10.2. The number of carbonyl (C=O) groups is 1.